The normalized spacial score (nSPS) is 19.9. The van der Waals surface area contributed by atoms with E-state index in [1.807, 2.05) is 0 Å². The molecule has 1 atom stereocenters. The summed E-state index contributed by atoms with van der Waals surface area (Å²) in [6.07, 6.45) is 4.87. The Morgan fingerprint density at radius 2 is 2.12 bits per heavy atom. The summed E-state index contributed by atoms with van der Waals surface area (Å²) in [7, 11) is 0. The molecule has 16 heavy (non-hydrogen) atoms. The fraction of sp³-hybridized carbons (Fsp3) is 0.571. The molecular weight excluding hydrogens is 198 g/mol. The Morgan fingerprint density at radius 1 is 1.31 bits per heavy atom. The Hall–Kier alpha value is -1.02. The van der Waals surface area contributed by atoms with E-state index in [-0.39, 0.29) is 0 Å². The maximum Gasteiger partial charge on any atom is 0.119 e. The van der Waals surface area contributed by atoms with Crippen LogP contribution in [0.15, 0.2) is 24.3 Å². The number of hydrogen-bond donors (Lipinski definition) is 1. The summed E-state index contributed by atoms with van der Waals surface area (Å²) in [6.45, 7) is 4.16. The lowest BCUT2D eigenvalue weighted by atomic mass is 10.1. The van der Waals surface area contributed by atoms with Gasteiger partial charge < -0.3 is 10.1 Å². The third-order valence-electron chi connectivity index (χ3n) is 3.11. The van der Waals surface area contributed by atoms with Gasteiger partial charge in [0, 0.05) is 6.04 Å². The average molecular weight is 219 g/mol. The summed E-state index contributed by atoms with van der Waals surface area (Å²) < 4.78 is 5.64. The Morgan fingerprint density at radius 3 is 2.75 bits per heavy atom. The third kappa shape index (κ3) is 2.99. The molecule has 1 aliphatic rings. The number of hydrogen-bond acceptors (Lipinski definition) is 2. The lowest BCUT2D eigenvalue weighted by molar-refractivity contribution is 0.309. The molecule has 2 nitrogen and oxygen atoms in total. The van der Waals surface area contributed by atoms with Gasteiger partial charge in [-0.15, -0.1) is 0 Å². The lowest BCUT2D eigenvalue weighted by Gasteiger charge is -2.11. The van der Waals surface area contributed by atoms with Crippen LogP contribution in [0.5, 0.6) is 5.75 Å². The van der Waals surface area contributed by atoms with Crippen molar-refractivity contribution in [3.8, 4) is 5.75 Å². The van der Waals surface area contributed by atoms with Gasteiger partial charge >= 0.3 is 0 Å². The molecule has 1 aromatic rings. The Bertz CT molecular complexity index is 301. The Labute approximate surface area is 98.0 Å². The van der Waals surface area contributed by atoms with Crippen molar-refractivity contribution in [1.82, 2.24) is 5.32 Å². The van der Waals surface area contributed by atoms with Gasteiger partial charge in [0.2, 0.25) is 0 Å². The van der Waals surface area contributed by atoms with Gasteiger partial charge in [0.05, 0.1) is 6.61 Å². The summed E-state index contributed by atoms with van der Waals surface area (Å²) >= 11 is 0. The largest absolute Gasteiger partial charge is 0.494 e. The second kappa shape index (κ2) is 5.90. The maximum absolute atomic E-state index is 5.64. The smallest absolute Gasteiger partial charge is 0.119 e. The van der Waals surface area contributed by atoms with Crippen LogP contribution in [0.2, 0.25) is 0 Å². The molecule has 1 N–H and O–H groups in total. The van der Waals surface area contributed by atoms with Crippen LogP contribution in [-0.2, 0) is 0 Å². The van der Waals surface area contributed by atoms with Crippen LogP contribution in [0.3, 0.4) is 0 Å². The van der Waals surface area contributed by atoms with Crippen molar-refractivity contribution in [2.45, 2.75) is 38.6 Å². The van der Waals surface area contributed by atoms with E-state index in [0.717, 1.165) is 25.3 Å². The van der Waals surface area contributed by atoms with E-state index in [9.17, 15) is 0 Å². The predicted octanol–water partition coefficient (Wildman–Crippen LogP) is 3.29. The van der Waals surface area contributed by atoms with Crippen LogP contribution < -0.4 is 10.1 Å². The molecule has 0 radical (unpaired) electrons. The minimum absolute atomic E-state index is 0.560. The van der Waals surface area contributed by atoms with Gasteiger partial charge in [-0.1, -0.05) is 25.5 Å². The van der Waals surface area contributed by atoms with Gasteiger partial charge in [-0.2, -0.15) is 0 Å². The molecule has 0 aliphatic carbocycles. The zero-order valence-corrected chi connectivity index (χ0v) is 10.0. The lowest BCUT2D eigenvalue weighted by Crippen LogP contribution is -2.12. The highest BCUT2D eigenvalue weighted by molar-refractivity contribution is 5.29. The SMILES string of the molecule is CCCCOc1ccc(C2CCCN2)cc1. The molecule has 1 saturated heterocycles. The number of nitrogens with one attached hydrogen (secondary N) is 1. The van der Waals surface area contributed by atoms with Crippen molar-refractivity contribution >= 4 is 0 Å². The highest BCUT2D eigenvalue weighted by Gasteiger charge is 2.15. The molecule has 1 aliphatic heterocycles. The molecular formula is C14H21NO. The third-order valence-corrected chi connectivity index (χ3v) is 3.11. The molecule has 1 unspecified atom stereocenters. The zero-order chi connectivity index (χ0) is 11.2. The highest BCUT2D eigenvalue weighted by atomic mass is 16.5. The van der Waals surface area contributed by atoms with Crippen molar-refractivity contribution in [2.24, 2.45) is 0 Å². The molecule has 1 fully saturated rings. The molecule has 88 valence electrons. The molecule has 0 spiro atoms. The summed E-state index contributed by atoms with van der Waals surface area (Å²) in [4.78, 5) is 0. The predicted molar refractivity (Wildman–Crippen MR) is 66.8 cm³/mol. The number of unbranched alkanes of at least 4 members (excludes halogenated alkanes) is 1. The van der Waals surface area contributed by atoms with Gasteiger partial charge in [0.15, 0.2) is 0 Å². The quantitative estimate of drug-likeness (QED) is 0.767. The van der Waals surface area contributed by atoms with Gasteiger partial charge in [-0.05, 0) is 43.5 Å². The Balaban J connectivity index is 1.88. The van der Waals surface area contributed by atoms with Crippen LogP contribution in [0.1, 0.15) is 44.2 Å². The van der Waals surface area contributed by atoms with Crippen LogP contribution in [-0.4, -0.2) is 13.2 Å². The topological polar surface area (TPSA) is 21.3 Å². The molecule has 0 aromatic heterocycles. The van der Waals surface area contributed by atoms with Crippen molar-refractivity contribution in [2.75, 3.05) is 13.2 Å². The van der Waals surface area contributed by atoms with E-state index < -0.39 is 0 Å². The molecule has 1 aromatic carbocycles. The standard InChI is InChI=1S/C14H21NO/c1-2-3-11-16-13-8-6-12(7-9-13)14-5-4-10-15-14/h6-9,14-15H,2-5,10-11H2,1H3. The van der Waals surface area contributed by atoms with Gasteiger partial charge in [-0.25, -0.2) is 0 Å². The first-order valence-electron chi connectivity index (χ1n) is 6.36. The fourth-order valence-corrected chi connectivity index (χ4v) is 2.10. The average Bonchev–Trinajstić information content (AvgIpc) is 2.84. The van der Waals surface area contributed by atoms with E-state index in [1.165, 1.54) is 24.8 Å². The van der Waals surface area contributed by atoms with E-state index in [1.54, 1.807) is 0 Å². The minimum atomic E-state index is 0.560. The van der Waals surface area contributed by atoms with Gasteiger partial charge in [0.25, 0.3) is 0 Å². The molecule has 2 heteroatoms. The first kappa shape index (κ1) is 11.5. The molecule has 2 rings (SSSR count). The van der Waals surface area contributed by atoms with Crippen LogP contribution in [0.25, 0.3) is 0 Å². The number of benzene rings is 1. The summed E-state index contributed by atoms with van der Waals surface area (Å²) in [5.74, 6) is 0.996. The van der Waals surface area contributed by atoms with Crippen LogP contribution >= 0.6 is 0 Å². The maximum atomic E-state index is 5.64. The number of rotatable bonds is 5. The van der Waals surface area contributed by atoms with Crippen molar-refractivity contribution in [1.29, 1.82) is 0 Å². The van der Waals surface area contributed by atoms with Gasteiger partial charge in [-0.3, -0.25) is 0 Å². The first-order chi connectivity index (χ1) is 7.90. The zero-order valence-electron chi connectivity index (χ0n) is 10.0. The van der Waals surface area contributed by atoms with E-state index in [4.69, 9.17) is 4.74 Å². The van der Waals surface area contributed by atoms with E-state index in [2.05, 4.69) is 36.5 Å². The summed E-state index contributed by atoms with van der Waals surface area (Å²) in [5, 5.41) is 3.50. The monoisotopic (exact) mass is 219 g/mol. The van der Waals surface area contributed by atoms with Crippen LogP contribution in [0, 0.1) is 0 Å². The van der Waals surface area contributed by atoms with Gasteiger partial charge in [0.1, 0.15) is 5.75 Å². The molecule has 0 saturated carbocycles. The fourth-order valence-electron chi connectivity index (χ4n) is 2.10. The van der Waals surface area contributed by atoms with Crippen molar-refractivity contribution in [3.05, 3.63) is 29.8 Å². The molecule has 1 heterocycles. The summed E-state index contributed by atoms with van der Waals surface area (Å²) in [5.41, 5.74) is 1.39. The number of ether oxygens (including phenoxy) is 1. The van der Waals surface area contributed by atoms with E-state index >= 15 is 0 Å². The van der Waals surface area contributed by atoms with Crippen molar-refractivity contribution < 1.29 is 4.74 Å². The highest BCUT2D eigenvalue weighted by Crippen LogP contribution is 2.24. The Kier molecular flexibility index (Phi) is 4.23. The summed E-state index contributed by atoms with van der Waals surface area (Å²) in [6, 6.07) is 9.11. The second-order valence-corrected chi connectivity index (χ2v) is 4.42. The molecule has 0 bridgehead atoms. The van der Waals surface area contributed by atoms with Crippen molar-refractivity contribution in [3.63, 3.8) is 0 Å². The van der Waals surface area contributed by atoms with Crippen LogP contribution in [0.4, 0.5) is 0 Å². The first-order valence-corrected chi connectivity index (χ1v) is 6.36. The second-order valence-electron chi connectivity index (χ2n) is 4.42. The molecule has 0 amide bonds. The van der Waals surface area contributed by atoms with E-state index in [0.29, 0.717) is 6.04 Å². The minimum Gasteiger partial charge on any atom is -0.494 e.